The SMILES string of the molecule is O=C(Cc1sc(-c2ccccc2)nc1-c1cccs1)Nc1cccc(Cn2cccn2)c1. The number of rotatable bonds is 7. The normalized spacial score (nSPS) is 10.9. The first-order valence-electron chi connectivity index (χ1n) is 10.2. The molecule has 0 saturated carbocycles. The lowest BCUT2D eigenvalue weighted by Crippen LogP contribution is -2.14. The van der Waals surface area contributed by atoms with Crippen molar-refractivity contribution in [3.63, 3.8) is 0 Å². The van der Waals surface area contributed by atoms with Crippen LogP contribution in [0.5, 0.6) is 0 Å². The lowest BCUT2D eigenvalue weighted by Gasteiger charge is -2.08. The molecule has 0 aliphatic heterocycles. The molecule has 5 rings (SSSR count). The van der Waals surface area contributed by atoms with Gasteiger partial charge in [-0.2, -0.15) is 5.10 Å². The van der Waals surface area contributed by atoms with Gasteiger partial charge >= 0.3 is 0 Å². The van der Waals surface area contributed by atoms with Gasteiger partial charge in [0.1, 0.15) is 5.01 Å². The van der Waals surface area contributed by atoms with Crippen LogP contribution in [0.3, 0.4) is 0 Å². The van der Waals surface area contributed by atoms with Crippen LogP contribution in [0, 0.1) is 0 Å². The summed E-state index contributed by atoms with van der Waals surface area (Å²) in [5, 5.41) is 10.3. The number of thiophene rings is 1. The second kappa shape index (κ2) is 9.30. The topological polar surface area (TPSA) is 59.8 Å². The Morgan fingerprint density at radius 1 is 1.00 bits per heavy atom. The maximum atomic E-state index is 12.9. The zero-order valence-corrected chi connectivity index (χ0v) is 18.8. The molecule has 3 heterocycles. The number of thiazole rings is 1. The van der Waals surface area contributed by atoms with E-state index < -0.39 is 0 Å². The van der Waals surface area contributed by atoms with Crippen molar-refractivity contribution in [1.82, 2.24) is 14.8 Å². The number of carbonyl (C=O) groups excluding carboxylic acids is 1. The minimum Gasteiger partial charge on any atom is -0.326 e. The van der Waals surface area contributed by atoms with E-state index in [4.69, 9.17) is 4.98 Å². The van der Waals surface area contributed by atoms with Gasteiger partial charge in [0.05, 0.1) is 23.5 Å². The van der Waals surface area contributed by atoms with Crippen LogP contribution >= 0.6 is 22.7 Å². The lowest BCUT2D eigenvalue weighted by molar-refractivity contribution is -0.115. The van der Waals surface area contributed by atoms with Crippen LogP contribution in [0.25, 0.3) is 21.1 Å². The highest BCUT2D eigenvalue weighted by Gasteiger charge is 2.18. The van der Waals surface area contributed by atoms with E-state index in [0.717, 1.165) is 37.3 Å². The van der Waals surface area contributed by atoms with Gasteiger partial charge in [0.2, 0.25) is 5.91 Å². The van der Waals surface area contributed by atoms with E-state index >= 15 is 0 Å². The van der Waals surface area contributed by atoms with Crippen LogP contribution in [0.1, 0.15) is 10.4 Å². The number of nitrogens with zero attached hydrogens (tertiary/aromatic N) is 3. The number of aromatic nitrogens is 3. The van der Waals surface area contributed by atoms with Crippen LogP contribution in [0.2, 0.25) is 0 Å². The summed E-state index contributed by atoms with van der Waals surface area (Å²) in [5.74, 6) is -0.0534. The van der Waals surface area contributed by atoms with Crippen molar-refractivity contribution in [1.29, 1.82) is 0 Å². The van der Waals surface area contributed by atoms with E-state index in [1.807, 2.05) is 83.0 Å². The molecule has 0 aliphatic rings. The average Bonchev–Trinajstić information content (AvgIpc) is 3.57. The Bertz CT molecular complexity index is 1310. The first-order chi connectivity index (χ1) is 15.7. The van der Waals surface area contributed by atoms with Crippen LogP contribution in [-0.2, 0) is 17.8 Å². The predicted molar refractivity (Wildman–Crippen MR) is 131 cm³/mol. The first-order valence-corrected chi connectivity index (χ1v) is 11.9. The third kappa shape index (κ3) is 4.69. The van der Waals surface area contributed by atoms with Crippen molar-refractivity contribution in [3.8, 4) is 21.1 Å². The molecule has 0 bridgehead atoms. The molecule has 5 aromatic rings. The van der Waals surface area contributed by atoms with Gasteiger partial charge in [-0.05, 0) is 35.2 Å². The highest BCUT2D eigenvalue weighted by Crippen LogP contribution is 2.36. The van der Waals surface area contributed by atoms with E-state index in [1.54, 1.807) is 28.9 Å². The van der Waals surface area contributed by atoms with Crippen LogP contribution < -0.4 is 5.32 Å². The molecule has 1 N–H and O–H groups in total. The molecule has 7 heteroatoms. The standard InChI is InChI=1S/C25H20N4OS2/c30-23(27-20-10-4-7-18(15-20)17-29-13-6-12-26-29)16-22-24(21-11-5-14-31-21)28-25(32-22)19-8-2-1-3-9-19/h1-15H,16-17H2,(H,27,30). The van der Waals surface area contributed by atoms with Crippen LogP contribution in [-0.4, -0.2) is 20.7 Å². The third-order valence-electron chi connectivity index (χ3n) is 4.91. The maximum Gasteiger partial charge on any atom is 0.229 e. The van der Waals surface area contributed by atoms with Crippen molar-refractivity contribution >= 4 is 34.3 Å². The Hall–Kier alpha value is -3.55. The molecule has 1 amide bonds. The zero-order chi connectivity index (χ0) is 21.8. The van der Waals surface area contributed by atoms with Gasteiger partial charge in [-0.25, -0.2) is 4.98 Å². The fraction of sp³-hybridized carbons (Fsp3) is 0.0800. The Kier molecular flexibility index (Phi) is 5.91. The van der Waals surface area contributed by atoms with Crippen LogP contribution in [0.4, 0.5) is 5.69 Å². The molecule has 5 nitrogen and oxygen atoms in total. The molecule has 158 valence electrons. The fourth-order valence-corrected chi connectivity index (χ4v) is 5.35. The summed E-state index contributed by atoms with van der Waals surface area (Å²) in [7, 11) is 0. The molecular formula is C25H20N4OS2. The van der Waals surface area contributed by atoms with Gasteiger partial charge in [-0.1, -0.05) is 48.5 Å². The highest BCUT2D eigenvalue weighted by atomic mass is 32.1. The third-order valence-corrected chi connectivity index (χ3v) is 6.89. The molecule has 0 aliphatic carbocycles. The molecule has 0 unspecified atom stereocenters. The van der Waals surface area contributed by atoms with Crippen molar-refractivity contribution in [2.24, 2.45) is 0 Å². The van der Waals surface area contributed by atoms with E-state index in [0.29, 0.717) is 6.54 Å². The Balaban J connectivity index is 1.36. The summed E-state index contributed by atoms with van der Waals surface area (Å²) in [5.41, 5.74) is 3.82. The van der Waals surface area contributed by atoms with Gasteiger partial charge in [0, 0.05) is 28.5 Å². The van der Waals surface area contributed by atoms with E-state index in [9.17, 15) is 4.79 Å². The van der Waals surface area contributed by atoms with Gasteiger partial charge in [-0.3, -0.25) is 9.48 Å². The van der Waals surface area contributed by atoms with Crippen molar-refractivity contribution in [3.05, 3.63) is 101 Å². The predicted octanol–water partition coefficient (Wildman–Crippen LogP) is 5.96. The smallest absolute Gasteiger partial charge is 0.229 e. The Morgan fingerprint density at radius 2 is 1.91 bits per heavy atom. The molecule has 2 aromatic carbocycles. The monoisotopic (exact) mass is 456 g/mol. The van der Waals surface area contributed by atoms with Crippen molar-refractivity contribution in [2.45, 2.75) is 13.0 Å². The molecule has 0 fully saturated rings. The summed E-state index contributed by atoms with van der Waals surface area (Å²) < 4.78 is 1.86. The van der Waals surface area contributed by atoms with E-state index in [1.165, 1.54) is 0 Å². The summed E-state index contributed by atoms with van der Waals surface area (Å²) in [4.78, 5) is 19.9. The summed E-state index contributed by atoms with van der Waals surface area (Å²) in [6.45, 7) is 0.661. The summed E-state index contributed by atoms with van der Waals surface area (Å²) >= 11 is 3.22. The largest absolute Gasteiger partial charge is 0.326 e. The number of benzene rings is 2. The molecular weight excluding hydrogens is 436 g/mol. The summed E-state index contributed by atoms with van der Waals surface area (Å²) in [6.07, 6.45) is 3.96. The molecule has 0 spiro atoms. The number of hydrogen-bond acceptors (Lipinski definition) is 5. The van der Waals surface area contributed by atoms with Gasteiger partial charge < -0.3 is 5.32 Å². The lowest BCUT2D eigenvalue weighted by atomic mass is 10.2. The van der Waals surface area contributed by atoms with Crippen molar-refractivity contribution in [2.75, 3.05) is 5.32 Å². The summed E-state index contributed by atoms with van der Waals surface area (Å²) in [6, 6.07) is 23.9. The van der Waals surface area contributed by atoms with Gasteiger partial charge in [0.25, 0.3) is 0 Å². The molecule has 3 aromatic heterocycles. The van der Waals surface area contributed by atoms with E-state index in [2.05, 4.69) is 16.5 Å². The van der Waals surface area contributed by atoms with Crippen molar-refractivity contribution < 1.29 is 4.79 Å². The molecule has 0 atom stereocenters. The number of anilines is 1. The fourth-order valence-electron chi connectivity index (χ4n) is 3.46. The minimum atomic E-state index is -0.0534. The van der Waals surface area contributed by atoms with Crippen LogP contribution in [0.15, 0.2) is 90.6 Å². The van der Waals surface area contributed by atoms with Gasteiger partial charge in [0.15, 0.2) is 0 Å². The number of amides is 1. The highest BCUT2D eigenvalue weighted by molar-refractivity contribution is 7.17. The molecule has 0 saturated heterocycles. The quantitative estimate of drug-likeness (QED) is 0.328. The number of nitrogens with one attached hydrogen (secondary N) is 1. The number of carbonyl (C=O) groups is 1. The second-order valence-corrected chi connectivity index (χ2v) is 9.29. The minimum absolute atomic E-state index is 0.0534. The molecule has 0 radical (unpaired) electrons. The first kappa shape index (κ1) is 20.4. The number of hydrogen-bond donors (Lipinski definition) is 1. The van der Waals surface area contributed by atoms with E-state index in [-0.39, 0.29) is 12.3 Å². The Morgan fingerprint density at radius 3 is 2.69 bits per heavy atom. The maximum absolute atomic E-state index is 12.9. The Labute approximate surface area is 194 Å². The van der Waals surface area contributed by atoms with Gasteiger partial charge in [-0.15, -0.1) is 22.7 Å². The molecule has 32 heavy (non-hydrogen) atoms. The zero-order valence-electron chi connectivity index (χ0n) is 17.1. The average molecular weight is 457 g/mol. The second-order valence-electron chi connectivity index (χ2n) is 7.26.